The molecule has 2 heterocycles. The van der Waals surface area contributed by atoms with Gasteiger partial charge in [-0.1, -0.05) is 11.6 Å². The summed E-state index contributed by atoms with van der Waals surface area (Å²) in [5.41, 5.74) is 0. The van der Waals surface area contributed by atoms with Crippen molar-refractivity contribution in [1.29, 1.82) is 0 Å². The lowest BCUT2D eigenvalue weighted by Crippen LogP contribution is -2.10. The summed E-state index contributed by atoms with van der Waals surface area (Å²) in [5.74, 6) is 0.733. The first kappa shape index (κ1) is 11.1. The fourth-order valence-corrected chi connectivity index (χ4v) is 2.90. The molecule has 0 bridgehead atoms. The first-order valence-corrected chi connectivity index (χ1v) is 6.27. The van der Waals surface area contributed by atoms with Crippen LogP contribution in [0.15, 0.2) is 12.1 Å². The minimum absolute atomic E-state index is 0.295. The van der Waals surface area contributed by atoms with Crippen molar-refractivity contribution >= 4 is 28.7 Å². The predicted molar refractivity (Wildman–Crippen MR) is 61.6 cm³/mol. The van der Waals surface area contributed by atoms with Gasteiger partial charge in [0.05, 0.1) is 4.34 Å². The van der Waals surface area contributed by atoms with E-state index in [1.165, 1.54) is 11.3 Å². The standard InChI is InChI=1S/C11H13ClO2S/c12-11-2-1-10(15-11)6-9(13)5-8-3-4-14-7-8/h1-2,8H,3-7H2. The van der Waals surface area contributed by atoms with E-state index in [2.05, 4.69) is 0 Å². The Morgan fingerprint density at radius 2 is 2.47 bits per heavy atom. The van der Waals surface area contributed by atoms with Gasteiger partial charge in [-0.2, -0.15) is 0 Å². The maximum absolute atomic E-state index is 11.7. The highest BCUT2D eigenvalue weighted by atomic mass is 35.5. The summed E-state index contributed by atoms with van der Waals surface area (Å²) in [6.45, 7) is 1.56. The summed E-state index contributed by atoms with van der Waals surface area (Å²) in [7, 11) is 0. The zero-order valence-corrected chi connectivity index (χ0v) is 9.94. The highest BCUT2D eigenvalue weighted by Crippen LogP contribution is 2.23. The quantitative estimate of drug-likeness (QED) is 0.814. The molecule has 1 unspecified atom stereocenters. The molecule has 1 saturated heterocycles. The first-order chi connectivity index (χ1) is 7.24. The molecular weight excluding hydrogens is 232 g/mol. The molecule has 0 saturated carbocycles. The number of rotatable bonds is 4. The molecule has 0 aromatic carbocycles. The maximum Gasteiger partial charge on any atom is 0.138 e. The van der Waals surface area contributed by atoms with Crippen LogP contribution >= 0.6 is 22.9 Å². The summed E-state index contributed by atoms with van der Waals surface area (Å²) in [5, 5.41) is 0. The lowest BCUT2D eigenvalue weighted by atomic mass is 10.0. The summed E-state index contributed by atoms with van der Waals surface area (Å²) in [6, 6.07) is 3.77. The monoisotopic (exact) mass is 244 g/mol. The Morgan fingerprint density at radius 1 is 1.60 bits per heavy atom. The smallest absolute Gasteiger partial charge is 0.138 e. The van der Waals surface area contributed by atoms with Crippen molar-refractivity contribution in [3.8, 4) is 0 Å². The third kappa shape index (κ3) is 3.30. The molecule has 1 atom stereocenters. The van der Waals surface area contributed by atoms with Gasteiger partial charge in [-0.15, -0.1) is 11.3 Å². The van der Waals surface area contributed by atoms with Crippen molar-refractivity contribution in [2.45, 2.75) is 19.3 Å². The van der Waals surface area contributed by atoms with Crippen LogP contribution in [0.5, 0.6) is 0 Å². The number of carbonyl (C=O) groups excluding carboxylic acids is 1. The van der Waals surface area contributed by atoms with Crippen molar-refractivity contribution in [2.24, 2.45) is 5.92 Å². The topological polar surface area (TPSA) is 26.3 Å². The van der Waals surface area contributed by atoms with Crippen LogP contribution in [0.25, 0.3) is 0 Å². The van der Waals surface area contributed by atoms with Crippen LogP contribution in [0.4, 0.5) is 0 Å². The van der Waals surface area contributed by atoms with Gasteiger partial charge < -0.3 is 4.74 Å². The normalized spacial score (nSPS) is 20.7. The van der Waals surface area contributed by atoms with E-state index < -0.39 is 0 Å². The molecular formula is C11H13ClO2S. The Morgan fingerprint density at radius 3 is 3.07 bits per heavy atom. The average Bonchev–Trinajstić information content (AvgIpc) is 2.77. The second-order valence-corrected chi connectivity index (χ2v) is 5.65. The molecule has 1 aliphatic heterocycles. The second-order valence-electron chi connectivity index (χ2n) is 3.86. The van der Waals surface area contributed by atoms with Gasteiger partial charge in [-0.3, -0.25) is 4.79 Å². The largest absolute Gasteiger partial charge is 0.381 e. The molecule has 0 radical (unpaired) electrons. The third-order valence-corrected chi connectivity index (χ3v) is 3.77. The highest BCUT2D eigenvalue weighted by molar-refractivity contribution is 7.16. The number of thiophene rings is 1. The maximum atomic E-state index is 11.7. The van der Waals surface area contributed by atoms with Crippen molar-refractivity contribution in [3.05, 3.63) is 21.3 Å². The minimum atomic E-state index is 0.295. The number of carbonyl (C=O) groups is 1. The van der Waals surface area contributed by atoms with Crippen molar-refractivity contribution in [3.63, 3.8) is 0 Å². The van der Waals surface area contributed by atoms with E-state index in [1.54, 1.807) is 0 Å². The van der Waals surface area contributed by atoms with E-state index >= 15 is 0 Å². The van der Waals surface area contributed by atoms with E-state index in [0.717, 1.165) is 28.8 Å². The SMILES string of the molecule is O=C(Cc1ccc(Cl)s1)CC1CCOC1. The number of ketones is 1. The van der Waals surface area contributed by atoms with Gasteiger partial charge in [-0.25, -0.2) is 0 Å². The second kappa shape index (κ2) is 5.10. The fourth-order valence-electron chi connectivity index (χ4n) is 1.78. The summed E-state index contributed by atoms with van der Waals surface area (Å²) in [6.07, 6.45) is 2.19. The number of hydrogen-bond acceptors (Lipinski definition) is 3. The molecule has 15 heavy (non-hydrogen) atoms. The Kier molecular flexibility index (Phi) is 3.78. The van der Waals surface area contributed by atoms with Gasteiger partial charge in [0.15, 0.2) is 0 Å². The third-order valence-electron chi connectivity index (χ3n) is 2.54. The predicted octanol–water partition coefficient (Wildman–Crippen LogP) is 2.94. The van der Waals surface area contributed by atoms with E-state index in [1.807, 2.05) is 12.1 Å². The van der Waals surface area contributed by atoms with E-state index in [-0.39, 0.29) is 0 Å². The van der Waals surface area contributed by atoms with Gasteiger partial charge in [0.2, 0.25) is 0 Å². The first-order valence-electron chi connectivity index (χ1n) is 5.07. The molecule has 2 rings (SSSR count). The molecule has 0 spiro atoms. The lowest BCUT2D eigenvalue weighted by Gasteiger charge is -2.04. The molecule has 1 aromatic heterocycles. The summed E-state index contributed by atoms with van der Waals surface area (Å²) in [4.78, 5) is 12.7. The number of ether oxygens (including phenoxy) is 1. The van der Waals surface area contributed by atoms with Crippen molar-refractivity contribution in [2.75, 3.05) is 13.2 Å². The van der Waals surface area contributed by atoms with E-state index in [0.29, 0.717) is 24.5 Å². The van der Waals surface area contributed by atoms with Crippen LogP contribution in [0.3, 0.4) is 0 Å². The van der Waals surface area contributed by atoms with Gasteiger partial charge >= 0.3 is 0 Å². The van der Waals surface area contributed by atoms with Crippen LogP contribution in [0.1, 0.15) is 17.7 Å². The van der Waals surface area contributed by atoms with Crippen molar-refractivity contribution < 1.29 is 9.53 Å². The van der Waals surface area contributed by atoms with Crippen LogP contribution < -0.4 is 0 Å². The molecule has 0 aliphatic carbocycles. The fraction of sp³-hybridized carbons (Fsp3) is 0.545. The highest BCUT2D eigenvalue weighted by Gasteiger charge is 2.19. The Hall–Kier alpha value is -0.380. The molecule has 1 aliphatic rings. The van der Waals surface area contributed by atoms with Crippen LogP contribution in [-0.2, 0) is 16.0 Å². The van der Waals surface area contributed by atoms with E-state index in [9.17, 15) is 4.79 Å². The molecule has 4 heteroatoms. The molecule has 0 N–H and O–H groups in total. The van der Waals surface area contributed by atoms with Crippen LogP contribution in [0.2, 0.25) is 4.34 Å². The number of hydrogen-bond donors (Lipinski definition) is 0. The Balaban J connectivity index is 1.81. The number of Topliss-reactive ketones (excluding diaryl/α,β-unsaturated/α-hetero) is 1. The molecule has 82 valence electrons. The Labute approximate surface area is 98.2 Å². The minimum Gasteiger partial charge on any atom is -0.381 e. The van der Waals surface area contributed by atoms with Gasteiger partial charge in [-0.05, 0) is 24.5 Å². The molecule has 2 nitrogen and oxygen atoms in total. The van der Waals surface area contributed by atoms with Gasteiger partial charge in [0.25, 0.3) is 0 Å². The summed E-state index contributed by atoms with van der Waals surface area (Å²) < 4.78 is 5.99. The lowest BCUT2D eigenvalue weighted by molar-refractivity contribution is -0.119. The zero-order valence-electron chi connectivity index (χ0n) is 8.37. The van der Waals surface area contributed by atoms with Gasteiger partial charge in [0, 0.05) is 30.9 Å². The summed E-state index contributed by atoms with van der Waals surface area (Å²) >= 11 is 7.29. The molecule has 1 aromatic rings. The van der Waals surface area contributed by atoms with E-state index in [4.69, 9.17) is 16.3 Å². The Bertz CT molecular complexity index is 342. The number of halogens is 1. The zero-order chi connectivity index (χ0) is 10.7. The van der Waals surface area contributed by atoms with Crippen LogP contribution in [-0.4, -0.2) is 19.0 Å². The van der Waals surface area contributed by atoms with Crippen LogP contribution in [0, 0.1) is 5.92 Å². The average molecular weight is 245 g/mol. The molecule has 0 amide bonds. The molecule has 1 fully saturated rings. The van der Waals surface area contributed by atoms with Crippen molar-refractivity contribution in [1.82, 2.24) is 0 Å². The van der Waals surface area contributed by atoms with Gasteiger partial charge in [0.1, 0.15) is 5.78 Å².